The summed E-state index contributed by atoms with van der Waals surface area (Å²) in [6, 6.07) is 8.83. The second-order valence-corrected chi connectivity index (χ2v) is 7.53. The van der Waals surface area contributed by atoms with Gasteiger partial charge in [-0.2, -0.15) is 0 Å². The molecule has 2 aromatic rings. The van der Waals surface area contributed by atoms with Crippen LogP contribution in [-0.4, -0.2) is 12.2 Å². The molecule has 0 fully saturated rings. The third-order valence-corrected chi connectivity index (χ3v) is 5.22. The molecule has 6 nitrogen and oxygen atoms in total. The number of hydrogen-bond acceptors (Lipinski definition) is 6. The van der Waals surface area contributed by atoms with Crippen LogP contribution >= 0.6 is 0 Å². The van der Waals surface area contributed by atoms with E-state index in [2.05, 4.69) is 24.2 Å². The van der Waals surface area contributed by atoms with E-state index in [1.807, 2.05) is 12.1 Å². The van der Waals surface area contributed by atoms with Crippen molar-refractivity contribution in [3.8, 4) is 11.5 Å². The molecule has 6 heteroatoms. The minimum Gasteiger partial charge on any atom is -0.492 e. The molecule has 0 saturated heterocycles. The van der Waals surface area contributed by atoms with Crippen molar-refractivity contribution in [3.05, 3.63) is 56.8 Å². The van der Waals surface area contributed by atoms with Crippen LogP contribution in [0.4, 0.5) is 11.4 Å². The molecule has 0 spiro atoms. The number of rotatable bonds is 3. The van der Waals surface area contributed by atoms with Crippen molar-refractivity contribution < 1.29 is 9.47 Å². The van der Waals surface area contributed by atoms with Gasteiger partial charge in [-0.1, -0.05) is 12.1 Å². The largest absolute Gasteiger partial charge is 0.492 e. The van der Waals surface area contributed by atoms with Crippen LogP contribution in [0.25, 0.3) is 0 Å². The molecule has 0 saturated carbocycles. The van der Waals surface area contributed by atoms with Crippen LogP contribution in [0.1, 0.15) is 42.9 Å². The average molecular weight is 352 g/mol. The van der Waals surface area contributed by atoms with Crippen molar-refractivity contribution in [2.24, 2.45) is 10.4 Å². The van der Waals surface area contributed by atoms with E-state index in [0.29, 0.717) is 6.61 Å². The smallest absolute Gasteiger partial charge is 0.129 e. The third-order valence-electron chi connectivity index (χ3n) is 5.22. The lowest BCUT2D eigenvalue weighted by molar-refractivity contribution is 0.0827. The Balaban J connectivity index is 1.66. The first-order chi connectivity index (χ1) is 12.5. The van der Waals surface area contributed by atoms with E-state index in [-0.39, 0.29) is 22.9 Å². The van der Waals surface area contributed by atoms with Gasteiger partial charge in [-0.3, -0.25) is 0 Å². The van der Waals surface area contributed by atoms with Crippen molar-refractivity contribution in [2.45, 2.75) is 44.6 Å². The predicted molar refractivity (Wildman–Crippen MR) is 98.8 cm³/mol. The molecule has 134 valence electrons. The van der Waals surface area contributed by atoms with Gasteiger partial charge in [0, 0.05) is 11.5 Å². The molecule has 0 amide bonds. The molecule has 2 heterocycles. The van der Waals surface area contributed by atoms with Gasteiger partial charge in [-0.25, -0.2) is 0 Å². The Morgan fingerprint density at radius 3 is 2.73 bits per heavy atom. The fraction of sp³-hybridized carbons (Fsp3) is 0.400. The highest BCUT2D eigenvalue weighted by Gasteiger charge is 2.32. The van der Waals surface area contributed by atoms with Gasteiger partial charge in [0.15, 0.2) is 0 Å². The first-order valence-corrected chi connectivity index (χ1v) is 8.78. The molecule has 2 aromatic carbocycles. The number of fused-ring (bicyclic) bond motifs is 3. The van der Waals surface area contributed by atoms with Gasteiger partial charge in [-0.05, 0) is 72.8 Å². The molecule has 4 rings (SSSR count). The topological polar surface area (TPSA) is 77.3 Å². The number of nitroso groups, excluding NO2 is 2. The molecule has 0 radical (unpaired) electrons. The zero-order valence-electron chi connectivity index (χ0n) is 14.8. The maximum atomic E-state index is 11.2. The van der Waals surface area contributed by atoms with Crippen LogP contribution in [0.15, 0.2) is 40.7 Å². The monoisotopic (exact) mass is 352 g/mol. The summed E-state index contributed by atoms with van der Waals surface area (Å²) < 4.78 is 12.2. The van der Waals surface area contributed by atoms with Crippen LogP contribution in [0.5, 0.6) is 11.5 Å². The summed E-state index contributed by atoms with van der Waals surface area (Å²) in [6.45, 7) is 4.65. The molecule has 2 aliphatic heterocycles. The van der Waals surface area contributed by atoms with E-state index in [9.17, 15) is 9.81 Å². The highest BCUT2D eigenvalue weighted by Crippen LogP contribution is 2.45. The lowest BCUT2D eigenvalue weighted by atomic mass is 9.86. The van der Waals surface area contributed by atoms with Crippen LogP contribution < -0.4 is 9.47 Å². The normalized spacial score (nSPS) is 20.2. The minimum absolute atomic E-state index is 0.00917. The van der Waals surface area contributed by atoms with Gasteiger partial charge in [0.1, 0.15) is 28.5 Å². The summed E-state index contributed by atoms with van der Waals surface area (Å²) in [5.74, 6) is 1.83. The molecule has 2 aliphatic rings. The van der Waals surface area contributed by atoms with Gasteiger partial charge < -0.3 is 9.47 Å². The Kier molecular flexibility index (Phi) is 3.98. The summed E-state index contributed by atoms with van der Waals surface area (Å²) in [5.41, 5.74) is 3.33. The molecule has 0 N–H and O–H groups in total. The van der Waals surface area contributed by atoms with Crippen molar-refractivity contribution in [1.82, 2.24) is 0 Å². The van der Waals surface area contributed by atoms with Gasteiger partial charge in [-0.15, -0.1) is 9.81 Å². The second-order valence-electron chi connectivity index (χ2n) is 7.53. The Labute approximate surface area is 151 Å². The summed E-state index contributed by atoms with van der Waals surface area (Å²) >= 11 is 0. The second kappa shape index (κ2) is 6.20. The zero-order valence-corrected chi connectivity index (χ0v) is 14.8. The highest BCUT2D eigenvalue weighted by molar-refractivity contribution is 5.59. The highest BCUT2D eigenvalue weighted by atomic mass is 16.5. The van der Waals surface area contributed by atoms with Crippen molar-refractivity contribution in [1.29, 1.82) is 0 Å². The van der Waals surface area contributed by atoms with E-state index in [4.69, 9.17) is 9.47 Å². The van der Waals surface area contributed by atoms with Gasteiger partial charge in [0.2, 0.25) is 0 Å². The maximum Gasteiger partial charge on any atom is 0.129 e. The van der Waals surface area contributed by atoms with Crippen molar-refractivity contribution in [2.75, 3.05) is 6.61 Å². The molecule has 0 bridgehead atoms. The van der Waals surface area contributed by atoms with Gasteiger partial charge in [0.05, 0.1) is 6.61 Å². The van der Waals surface area contributed by atoms with E-state index in [0.717, 1.165) is 47.5 Å². The summed E-state index contributed by atoms with van der Waals surface area (Å²) in [7, 11) is 0. The Bertz CT molecular complexity index is 892. The summed E-state index contributed by atoms with van der Waals surface area (Å²) in [4.78, 5) is 21.9. The Morgan fingerprint density at radius 2 is 1.96 bits per heavy atom. The maximum absolute atomic E-state index is 11.2. The number of benzene rings is 2. The number of ether oxygens (including phenoxy) is 2. The van der Waals surface area contributed by atoms with E-state index in [1.165, 1.54) is 6.07 Å². The van der Waals surface area contributed by atoms with E-state index in [1.54, 1.807) is 12.1 Å². The molecule has 0 unspecified atom stereocenters. The molecule has 0 aliphatic carbocycles. The zero-order chi connectivity index (χ0) is 18.3. The van der Waals surface area contributed by atoms with Crippen molar-refractivity contribution in [3.63, 3.8) is 0 Å². The summed E-state index contributed by atoms with van der Waals surface area (Å²) in [6.07, 6.45) is 2.63. The average Bonchev–Trinajstić information content (AvgIpc) is 2.65. The predicted octanol–water partition coefficient (Wildman–Crippen LogP) is 5.30. The van der Waals surface area contributed by atoms with Crippen LogP contribution in [0.2, 0.25) is 0 Å². The number of nitrogens with zero attached hydrogens (tertiary/aromatic N) is 2. The van der Waals surface area contributed by atoms with E-state index < -0.39 is 0 Å². The van der Waals surface area contributed by atoms with Gasteiger partial charge in [0.25, 0.3) is 0 Å². The molecule has 26 heavy (non-hydrogen) atoms. The van der Waals surface area contributed by atoms with Crippen LogP contribution in [0.3, 0.4) is 0 Å². The first-order valence-electron chi connectivity index (χ1n) is 8.78. The van der Waals surface area contributed by atoms with E-state index >= 15 is 0 Å². The quantitative estimate of drug-likeness (QED) is 0.702. The van der Waals surface area contributed by atoms with Gasteiger partial charge >= 0.3 is 0 Å². The molecule has 0 aromatic heterocycles. The van der Waals surface area contributed by atoms with Crippen LogP contribution in [-0.2, 0) is 12.8 Å². The SMILES string of the molecule is CC1(C)CCc2c(ccc3c2OC[C@H](c2ccc(N=O)cc2N=O)C3)O1. The molecular formula is C20H20N2O4. The standard InChI is InChI=1S/C20H20N2O4/c1-20(2)8-7-16-18(26-20)6-3-12-9-13(11-25-19(12)16)15-5-4-14(21-23)10-17(15)22-24/h3-6,10,13H,7-9,11H2,1-2H3/t13-/m1/s1. The first kappa shape index (κ1) is 16.7. The Morgan fingerprint density at radius 1 is 1.12 bits per heavy atom. The Hall–Kier alpha value is -2.76. The minimum atomic E-state index is -0.155. The number of hydrogen-bond donors (Lipinski definition) is 0. The summed E-state index contributed by atoms with van der Waals surface area (Å²) in [5, 5.41) is 5.94. The lowest BCUT2D eigenvalue weighted by Crippen LogP contribution is -2.33. The fourth-order valence-corrected chi connectivity index (χ4v) is 3.83. The molecular weight excluding hydrogens is 332 g/mol. The third kappa shape index (κ3) is 2.85. The lowest BCUT2D eigenvalue weighted by Gasteiger charge is -2.35. The fourth-order valence-electron chi connectivity index (χ4n) is 3.83. The molecule has 1 atom stereocenters. The van der Waals surface area contributed by atoms with Crippen molar-refractivity contribution >= 4 is 11.4 Å². The van der Waals surface area contributed by atoms with Crippen LogP contribution in [0, 0.1) is 9.81 Å².